The summed E-state index contributed by atoms with van der Waals surface area (Å²) < 4.78 is 3.13. The predicted octanol–water partition coefficient (Wildman–Crippen LogP) is 3.34. The number of hydrogen-bond donors (Lipinski definition) is 0. The molecule has 0 aliphatic heterocycles. The van der Waals surface area contributed by atoms with E-state index in [1.807, 2.05) is 0 Å². The Morgan fingerprint density at radius 3 is 1.42 bits per heavy atom. The third-order valence-electron chi connectivity index (χ3n) is 4.41. The molecule has 0 atom stereocenters. The molecule has 0 fully saturated rings. The van der Waals surface area contributed by atoms with Crippen LogP contribution in [0.1, 0.15) is 69.4 Å². The van der Waals surface area contributed by atoms with E-state index in [1.54, 1.807) is 7.14 Å². The molecule has 0 radical (unpaired) electrons. The molecule has 0 aromatic heterocycles. The fourth-order valence-electron chi connectivity index (χ4n) is 2.93. The average molecular weight is 435 g/mol. The monoisotopic (exact) mass is 435 g/mol. The van der Waals surface area contributed by atoms with Gasteiger partial charge in [0, 0.05) is 0 Å². The van der Waals surface area contributed by atoms with Gasteiger partial charge in [-0.3, -0.25) is 0 Å². The number of rotatable bonds is 2. The third-order valence-corrected chi connectivity index (χ3v) is 7.90. The number of benzene rings is 2. The van der Waals surface area contributed by atoms with E-state index in [0.29, 0.717) is 0 Å². The summed E-state index contributed by atoms with van der Waals surface area (Å²) in [4.78, 5) is 0. The molecule has 0 saturated heterocycles. The molecule has 0 spiro atoms. The molecule has 2 rings (SSSR count). The molecular weight excluding hydrogens is 403 g/mol. The Morgan fingerprint density at radius 2 is 1.04 bits per heavy atom. The van der Waals surface area contributed by atoms with E-state index < -0.39 is 0 Å². The molecule has 24 heavy (non-hydrogen) atoms. The summed E-state index contributed by atoms with van der Waals surface area (Å²) in [5, 5.41) is 0. The van der Waals surface area contributed by atoms with Crippen LogP contribution in [0, 0.1) is 27.9 Å². The maximum absolute atomic E-state index is 2.46. The van der Waals surface area contributed by atoms with E-state index in [1.165, 1.54) is 27.8 Å². The van der Waals surface area contributed by atoms with Crippen molar-refractivity contribution in [1.29, 1.82) is 0 Å². The molecule has 0 aliphatic carbocycles. The van der Waals surface area contributed by atoms with Crippen molar-refractivity contribution in [3.05, 3.63) is 65.3 Å². The minimum atomic E-state index is -0.158. The van der Waals surface area contributed by atoms with Gasteiger partial charge in [-0.1, -0.05) is 0 Å². The Hall–Kier alpha value is -0.830. The SMILES string of the molecule is Cc1cc(C)c([I-]c2cc(C(C)(C)C)cc(C(C)(C)C)c2)c(C)c1. The molecule has 0 aliphatic rings. The third kappa shape index (κ3) is 4.62. The molecule has 0 N–H and O–H groups in total. The molecular formula is C23H32I-. The molecule has 0 unspecified atom stereocenters. The van der Waals surface area contributed by atoms with E-state index >= 15 is 0 Å². The molecule has 0 amide bonds. The van der Waals surface area contributed by atoms with Gasteiger partial charge in [0.15, 0.2) is 0 Å². The first kappa shape index (κ1) is 19.5. The van der Waals surface area contributed by atoms with Gasteiger partial charge in [-0.2, -0.15) is 0 Å². The zero-order valence-electron chi connectivity index (χ0n) is 16.8. The Balaban J connectivity index is 2.55. The average Bonchev–Trinajstić information content (AvgIpc) is 2.40. The van der Waals surface area contributed by atoms with E-state index in [2.05, 4.69) is 92.6 Å². The first-order valence-corrected chi connectivity index (χ1v) is 10.9. The van der Waals surface area contributed by atoms with E-state index in [-0.39, 0.29) is 32.0 Å². The summed E-state index contributed by atoms with van der Waals surface area (Å²) in [5.41, 5.74) is 7.60. The predicted molar refractivity (Wildman–Crippen MR) is 102 cm³/mol. The second-order valence-corrected chi connectivity index (χ2v) is 11.9. The van der Waals surface area contributed by atoms with Crippen LogP contribution in [-0.4, -0.2) is 0 Å². The van der Waals surface area contributed by atoms with Gasteiger partial charge in [0.05, 0.1) is 0 Å². The van der Waals surface area contributed by atoms with E-state index in [4.69, 9.17) is 0 Å². The number of aryl methyl sites for hydroxylation is 3. The quantitative estimate of drug-likeness (QED) is 0.635. The van der Waals surface area contributed by atoms with Crippen LogP contribution in [0.25, 0.3) is 0 Å². The van der Waals surface area contributed by atoms with Gasteiger partial charge >= 0.3 is 160 Å². The van der Waals surface area contributed by atoms with E-state index in [0.717, 1.165) is 0 Å². The molecule has 0 bridgehead atoms. The van der Waals surface area contributed by atoms with Crippen LogP contribution in [0.4, 0.5) is 0 Å². The van der Waals surface area contributed by atoms with Gasteiger partial charge < -0.3 is 0 Å². The van der Waals surface area contributed by atoms with Crippen LogP contribution in [0.5, 0.6) is 0 Å². The van der Waals surface area contributed by atoms with Crippen LogP contribution in [0.2, 0.25) is 0 Å². The van der Waals surface area contributed by atoms with Gasteiger partial charge in [0.25, 0.3) is 0 Å². The summed E-state index contributed by atoms with van der Waals surface area (Å²) in [7, 11) is 0. The van der Waals surface area contributed by atoms with Crippen molar-refractivity contribution in [3.8, 4) is 0 Å². The van der Waals surface area contributed by atoms with Crippen molar-refractivity contribution in [1.82, 2.24) is 0 Å². The first-order valence-electron chi connectivity index (χ1n) is 8.76. The zero-order valence-corrected chi connectivity index (χ0v) is 18.9. The van der Waals surface area contributed by atoms with Gasteiger partial charge in [-0.05, 0) is 0 Å². The fraction of sp³-hybridized carbons (Fsp3) is 0.478. The zero-order chi connectivity index (χ0) is 18.3. The molecule has 2 aromatic rings. The second kappa shape index (κ2) is 6.82. The minimum absolute atomic E-state index is 0.158. The van der Waals surface area contributed by atoms with E-state index in [9.17, 15) is 0 Å². The van der Waals surface area contributed by atoms with Gasteiger partial charge in [0.1, 0.15) is 0 Å². The van der Waals surface area contributed by atoms with Crippen LogP contribution >= 0.6 is 0 Å². The summed E-state index contributed by atoms with van der Waals surface area (Å²) >= 11 is -0.158. The summed E-state index contributed by atoms with van der Waals surface area (Å²) in [5.74, 6) is 0. The Kier molecular flexibility index (Phi) is 5.54. The summed E-state index contributed by atoms with van der Waals surface area (Å²) in [6.45, 7) is 20.6. The molecule has 0 heterocycles. The van der Waals surface area contributed by atoms with Gasteiger partial charge in [-0.15, -0.1) is 0 Å². The molecule has 1 heteroatoms. The Morgan fingerprint density at radius 1 is 0.625 bits per heavy atom. The fourth-order valence-corrected chi connectivity index (χ4v) is 5.70. The van der Waals surface area contributed by atoms with Crippen LogP contribution in [0.3, 0.4) is 0 Å². The van der Waals surface area contributed by atoms with Crippen molar-refractivity contribution in [2.75, 3.05) is 0 Å². The number of hydrogen-bond acceptors (Lipinski definition) is 0. The second-order valence-electron chi connectivity index (χ2n) is 9.04. The molecule has 132 valence electrons. The number of halogens is 1. The first-order chi connectivity index (χ1) is 10.9. The van der Waals surface area contributed by atoms with Gasteiger partial charge in [0.2, 0.25) is 0 Å². The van der Waals surface area contributed by atoms with Crippen molar-refractivity contribution in [2.45, 2.75) is 73.1 Å². The van der Waals surface area contributed by atoms with Crippen LogP contribution in [-0.2, 0) is 10.8 Å². The summed E-state index contributed by atoms with van der Waals surface area (Å²) in [6, 6.07) is 12.0. The topological polar surface area (TPSA) is 0 Å². The standard InChI is InChI=1S/C23H32I/c1-15-10-16(2)21(17(3)11-15)24-20-13-18(22(4,5)6)12-19(14-20)23(7,8)9/h10-14H,1-9H3/q-1. The molecule has 0 saturated carbocycles. The molecule has 0 nitrogen and oxygen atoms in total. The van der Waals surface area contributed by atoms with Crippen molar-refractivity contribution < 1.29 is 21.2 Å². The van der Waals surface area contributed by atoms with Crippen molar-refractivity contribution in [3.63, 3.8) is 0 Å². The van der Waals surface area contributed by atoms with Gasteiger partial charge in [-0.25, -0.2) is 0 Å². The summed E-state index contributed by atoms with van der Waals surface area (Å²) in [6.07, 6.45) is 0. The Labute approximate surface area is 159 Å². The normalized spacial score (nSPS) is 12.7. The van der Waals surface area contributed by atoms with Crippen molar-refractivity contribution >= 4 is 0 Å². The van der Waals surface area contributed by atoms with Crippen LogP contribution < -0.4 is 21.2 Å². The van der Waals surface area contributed by atoms with Crippen molar-refractivity contribution in [2.24, 2.45) is 0 Å². The van der Waals surface area contributed by atoms with Crippen LogP contribution in [0.15, 0.2) is 30.3 Å². The molecule has 2 aromatic carbocycles. The Bertz CT molecular complexity index is 684. The maximum atomic E-state index is 2.46.